The first-order valence-corrected chi connectivity index (χ1v) is 8.72. The summed E-state index contributed by atoms with van der Waals surface area (Å²) >= 11 is 0. The highest BCUT2D eigenvalue weighted by Gasteiger charge is 2.34. The average molecular weight is 355 g/mol. The van der Waals surface area contributed by atoms with Crippen molar-refractivity contribution in [1.29, 1.82) is 0 Å². The molecule has 0 aliphatic carbocycles. The molecule has 5 nitrogen and oxygen atoms in total. The van der Waals surface area contributed by atoms with E-state index in [1.807, 2.05) is 51.1 Å². The molecule has 1 heterocycles. The molecular weight excluding hydrogens is 330 g/mol. The van der Waals surface area contributed by atoms with Crippen molar-refractivity contribution >= 4 is 5.91 Å². The minimum absolute atomic E-state index is 0.0495. The van der Waals surface area contributed by atoms with Crippen LogP contribution in [0.4, 0.5) is 0 Å². The van der Waals surface area contributed by atoms with Gasteiger partial charge in [-0.25, -0.2) is 0 Å². The van der Waals surface area contributed by atoms with Gasteiger partial charge in [0.1, 0.15) is 22.8 Å². The Morgan fingerprint density at radius 2 is 2.00 bits per heavy atom. The predicted octanol–water partition coefficient (Wildman–Crippen LogP) is 3.80. The summed E-state index contributed by atoms with van der Waals surface area (Å²) in [5, 5.41) is 3.07. The van der Waals surface area contributed by atoms with Gasteiger partial charge in [-0.2, -0.15) is 0 Å². The summed E-state index contributed by atoms with van der Waals surface area (Å²) in [5.41, 5.74) is 1.80. The van der Waals surface area contributed by atoms with Crippen LogP contribution in [0.1, 0.15) is 37.4 Å². The maximum atomic E-state index is 12.4. The van der Waals surface area contributed by atoms with Gasteiger partial charge in [0.25, 0.3) is 5.91 Å². The number of aryl methyl sites for hydroxylation is 1. The van der Waals surface area contributed by atoms with Crippen LogP contribution in [0.25, 0.3) is 0 Å². The SMILES string of the molecule is COc1cccc(OCC(=O)N[C@@H]2CC(C)(C)Oc3cc(C)ccc32)c1. The van der Waals surface area contributed by atoms with E-state index in [1.54, 1.807) is 19.2 Å². The van der Waals surface area contributed by atoms with Crippen molar-refractivity contribution in [2.45, 2.75) is 38.8 Å². The normalized spacial score (nSPS) is 17.6. The van der Waals surface area contributed by atoms with Gasteiger partial charge in [0.15, 0.2) is 6.61 Å². The number of carbonyl (C=O) groups is 1. The second-order valence-electron chi connectivity index (χ2n) is 7.19. The van der Waals surface area contributed by atoms with Crippen LogP contribution in [0.5, 0.6) is 17.2 Å². The minimum Gasteiger partial charge on any atom is -0.497 e. The zero-order valence-electron chi connectivity index (χ0n) is 15.7. The van der Waals surface area contributed by atoms with E-state index >= 15 is 0 Å². The molecule has 3 rings (SSSR count). The highest BCUT2D eigenvalue weighted by molar-refractivity contribution is 5.78. The van der Waals surface area contributed by atoms with Crippen molar-refractivity contribution in [3.05, 3.63) is 53.6 Å². The Morgan fingerprint density at radius 3 is 2.77 bits per heavy atom. The number of methoxy groups -OCH3 is 1. The van der Waals surface area contributed by atoms with Crippen LogP contribution in [0.15, 0.2) is 42.5 Å². The molecule has 0 unspecified atom stereocenters. The second-order valence-corrected chi connectivity index (χ2v) is 7.19. The van der Waals surface area contributed by atoms with E-state index in [-0.39, 0.29) is 24.2 Å². The van der Waals surface area contributed by atoms with Crippen molar-refractivity contribution in [3.8, 4) is 17.2 Å². The number of hydrogen-bond acceptors (Lipinski definition) is 4. The Morgan fingerprint density at radius 1 is 1.23 bits per heavy atom. The van der Waals surface area contributed by atoms with E-state index in [4.69, 9.17) is 14.2 Å². The molecule has 138 valence electrons. The van der Waals surface area contributed by atoms with Gasteiger partial charge in [-0.15, -0.1) is 0 Å². The summed E-state index contributed by atoms with van der Waals surface area (Å²) < 4.78 is 16.8. The summed E-state index contributed by atoms with van der Waals surface area (Å²) in [7, 11) is 1.60. The molecule has 1 amide bonds. The van der Waals surface area contributed by atoms with E-state index in [9.17, 15) is 4.79 Å². The number of rotatable bonds is 5. The fourth-order valence-corrected chi connectivity index (χ4v) is 3.16. The van der Waals surface area contributed by atoms with Crippen LogP contribution in [0, 0.1) is 6.92 Å². The standard InChI is InChI=1S/C21H25NO4/c1-14-8-9-17-18(12-21(2,3)26-19(17)10-14)22-20(23)13-25-16-7-5-6-15(11-16)24-4/h5-11,18H,12-13H2,1-4H3,(H,22,23)/t18-/m1/s1. The number of ether oxygens (including phenoxy) is 3. The molecule has 0 fully saturated rings. The molecule has 2 aromatic rings. The lowest BCUT2D eigenvalue weighted by Crippen LogP contribution is -2.42. The zero-order valence-corrected chi connectivity index (χ0v) is 15.7. The summed E-state index contributed by atoms with van der Waals surface area (Å²) in [6.45, 7) is 6.04. The number of fused-ring (bicyclic) bond motifs is 1. The molecule has 1 atom stereocenters. The third kappa shape index (κ3) is 4.28. The van der Waals surface area contributed by atoms with Crippen molar-refractivity contribution in [1.82, 2.24) is 5.32 Å². The summed E-state index contributed by atoms with van der Waals surface area (Å²) in [4.78, 5) is 12.4. The molecule has 1 aliphatic rings. The Bertz CT molecular complexity index is 800. The first-order valence-electron chi connectivity index (χ1n) is 8.72. The summed E-state index contributed by atoms with van der Waals surface area (Å²) in [6.07, 6.45) is 0.702. The lowest BCUT2D eigenvalue weighted by molar-refractivity contribution is -0.124. The molecule has 0 spiro atoms. The van der Waals surface area contributed by atoms with Crippen LogP contribution >= 0.6 is 0 Å². The van der Waals surface area contributed by atoms with E-state index in [0.717, 1.165) is 16.9 Å². The van der Waals surface area contributed by atoms with Gasteiger partial charge in [-0.05, 0) is 44.5 Å². The van der Waals surface area contributed by atoms with E-state index in [0.29, 0.717) is 17.9 Å². The summed E-state index contributed by atoms with van der Waals surface area (Å²) in [6, 6.07) is 13.2. The molecular formula is C21H25NO4. The monoisotopic (exact) mass is 355 g/mol. The molecule has 0 saturated carbocycles. The fourth-order valence-electron chi connectivity index (χ4n) is 3.16. The number of hydrogen-bond donors (Lipinski definition) is 1. The fraction of sp³-hybridized carbons (Fsp3) is 0.381. The third-order valence-corrected chi connectivity index (χ3v) is 4.37. The maximum Gasteiger partial charge on any atom is 0.258 e. The van der Waals surface area contributed by atoms with Crippen molar-refractivity contribution in [2.75, 3.05) is 13.7 Å². The van der Waals surface area contributed by atoms with E-state index in [2.05, 4.69) is 5.32 Å². The Kier molecular flexibility index (Phi) is 5.07. The minimum atomic E-state index is -0.341. The smallest absolute Gasteiger partial charge is 0.258 e. The molecule has 1 N–H and O–H groups in total. The van der Waals surface area contributed by atoms with Gasteiger partial charge >= 0.3 is 0 Å². The predicted molar refractivity (Wildman–Crippen MR) is 99.9 cm³/mol. The van der Waals surface area contributed by atoms with Crippen LogP contribution < -0.4 is 19.5 Å². The molecule has 1 aliphatic heterocycles. The molecule has 0 aromatic heterocycles. The molecule has 0 bridgehead atoms. The van der Waals surface area contributed by atoms with Gasteiger partial charge in [0.05, 0.1) is 13.2 Å². The Balaban J connectivity index is 1.67. The quantitative estimate of drug-likeness (QED) is 0.886. The average Bonchev–Trinajstić information content (AvgIpc) is 2.58. The van der Waals surface area contributed by atoms with Gasteiger partial charge in [-0.3, -0.25) is 4.79 Å². The molecule has 26 heavy (non-hydrogen) atoms. The van der Waals surface area contributed by atoms with Crippen LogP contribution in [-0.4, -0.2) is 25.2 Å². The van der Waals surface area contributed by atoms with Crippen LogP contribution in [0.3, 0.4) is 0 Å². The first-order chi connectivity index (χ1) is 12.4. The zero-order chi connectivity index (χ0) is 18.7. The molecule has 0 radical (unpaired) electrons. The van der Waals surface area contributed by atoms with E-state index in [1.165, 1.54) is 0 Å². The second kappa shape index (κ2) is 7.28. The molecule has 2 aromatic carbocycles. The number of nitrogens with one attached hydrogen (secondary N) is 1. The number of carbonyl (C=O) groups excluding carboxylic acids is 1. The highest BCUT2D eigenvalue weighted by Crippen LogP contribution is 2.39. The van der Waals surface area contributed by atoms with Crippen molar-refractivity contribution < 1.29 is 19.0 Å². The lowest BCUT2D eigenvalue weighted by Gasteiger charge is -2.38. The van der Waals surface area contributed by atoms with Crippen molar-refractivity contribution in [2.24, 2.45) is 0 Å². The molecule has 0 saturated heterocycles. The largest absolute Gasteiger partial charge is 0.497 e. The number of benzene rings is 2. The van der Waals surface area contributed by atoms with Crippen molar-refractivity contribution in [3.63, 3.8) is 0 Å². The van der Waals surface area contributed by atoms with Gasteiger partial charge in [0, 0.05) is 18.1 Å². The van der Waals surface area contributed by atoms with Crippen LogP contribution in [0.2, 0.25) is 0 Å². The lowest BCUT2D eigenvalue weighted by atomic mass is 9.89. The Hall–Kier alpha value is -2.69. The van der Waals surface area contributed by atoms with Crippen LogP contribution in [-0.2, 0) is 4.79 Å². The Labute approximate surface area is 154 Å². The number of amides is 1. The first kappa shape index (κ1) is 18.1. The summed E-state index contributed by atoms with van der Waals surface area (Å²) in [5.74, 6) is 1.96. The third-order valence-electron chi connectivity index (χ3n) is 4.37. The van der Waals surface area contributed by atoms with Gasteiger partial charge < -0.3 is 19.5 Å². The van der Waals surface area contributed by atoms with E-state index < -0.39 is 0 Å². The van der Waals surface area contributed by atoms with Gasteiger partial charge in [-0.1, -0.05) is 18.2 Å². The van der Waals surface area contributed by atoms with Gasteiger partial charge in [0.2, 0.25) is 0 Å². The highest BCUT2D eigenvalue weighted by atomic mass is 16.5. The maximum absolute atomic E-state index is 12.4. The molecule has 5 heteroatoms. The topological polar surface area (TPSA) is 56.8 Å².